The maximum Gasteiger partial charge on any atom is 0.245 e. The molecule has 0 saturated carbocycles. The van der Waals surface area contributed by atoms with Gasteiger partial charge in [-0.1, -0.05) is 0 Å². The Morgan fingerprint density at radius 2 is 2.11 bits per heavy atom. The van der Waals surface area contributed by atoms with Gasteiger partial charge in [-0.25, -0.2) is 0 Å². The number of hydrogen-bond donors (Lipinski definition) is 0. The minimum Gasteiger partial charge on any atom is -0.340 e. The number of amides is 2. The third-order valence-corrected chi connectivity index (χ3v) is 5.50. The van der Waals surface area contributed by atoms with E-state index in [1.165, 1.54) is 17.9 Å². The van der Waals surface area contributed by atoms with Crippen LogP contribution in [0.3, 0.4) is 0 Å². The molecule has 0 bridgehead atoms. The van der Waals surface area contributed by atoms with Crippen LogP contribution in [-0.4, -0.2) is 58.8 Å². The Bertz CT molecular complexity index is 355. The summed E-state index contributed by atoms with van der Waals surface area (Å²) >= 11 is 1.98. The third kappa shape index (κ3) is 2.25. The first-order valence-electron chi connectivity index (χ1n) is 6.91. The van der Waals surface area contributed by atoms with Crippen LogP contribution in [0.25, 0.3) is 0 Å². The predicted molar refractivity (Wildman–Crippen MR) is 71.4 cm³/mol. The van der Waals surface area contributed by atoms with Crippen LogP contribution in [0, 0.1) is 5.92 Å². The lowest BCUT2D eigenvalue weighted by Gasteiger charge is -2.27. The van der Waals surface area contributed by atoms with Crippen LogP contribution >= 0.6 is 11.8 Å². The van der Waals surface area contributed by atoms with E-state index in [1.54, 1.807) is 0 Å². The van der Waals surface area contributed by atoms with Gasteiger partial charge in [0.05, 0.1) is 0 Å². The molecular weight excluding hydrogens is 248 g/mol. The van der Waals surface area contributed by atoms with Crippen LogP contribution in [-0.2, 0) is 9.59 Å². The normalized spacial score (nSPS) is 32.9. The van der Waals surface area contributed by atoms with E-state index in [0.717, 1.165) is 25.9 Å². The Balaban J connectivity index is 1.70. The van der Waals surface area contributed by atoms with Gasteiger partial charge in [0.1, 0.15) is 6.04 Å². The standard InChI is InChI=1S/C13H20N2O2S/c16-12-3-6-14(8-10-4-7-18-9-10)13(17)11-2-1-5-15(11)12/h10-11H,1-9H2. The van der Waals surface area contributed by atoms with Gasteiger partial charge in [-0.3, -0.25) is 9.59 Å². The van der Waals surface area contributed by atoms with Crippen LogP contribution in [0.2, 0.25) is 0 Å². The predicted octanol–water partition coefficient (Wildman–Crippen LogP) is 0.963. The molecule has 3 aliphatic rings. The van der Waals surface area contributed by atoms with Crippen LogP contribution in [0.5, 0.6) is 0 Å². The highest BCUT2D eigenvalue weighted by Gasteiger charge is 2.39. The van der Waals surface area contributed by atoms with E-state index >= 15 is 0 Å². The summed E-state index contributed by atoms with van der Waals surface area (Å²) in [6, 6.07) is -0.144. The topological polar surface area (TPSA) is 40.6 Å². The van der Waals surface area contributed by atoms with E-state index < -0.39 is 0 Å². The van der Waals surface area contributed by atoms with Crippen molar-refractivity contribution in [1.29, 1.82) is 0 Å². The van der Waals surface area contributed by atoms with E-state index in [1.807, 2.05) is 21.6 Å². The molecular formula is C13H20N2O2S. The van der Waals surface area contributed by atoms with Crippen molar-refractivity contribution in [3.05, 3.63) is 0 Å². The minimum absolute atomic E-state index is 0.144. The zero-order valence-corrected chi connectivity index (χ0v) is 11.5. The first kappa shape index (κ1) is 12.3. The number of hydrogen-bond acceptors (Lipinski definition) is 3. The molecule has 0 N–H and O–H groups in total. The lowest BCUT2D eigenvalue weighted by molar-refractivity contribution is -0.139. The van der Waals surface area contributed by atoms with Crippen LogP contribution in [0.1, 0.15) is 25.7 Å². The molecule has 0 aromatic heterocycles. The Hall–Kier alpha value is -0.710. The number of nitrogens with zero attached hydrogens (tertiary/aromatic N) is 2. The summed E-state index contributed by atoms with van der Waals surface area (Å²) in [7, 11) is 0. The molecule has 3 rings (SSSR count). The van der Waals surface area contributed by atoms with Crippen molar-refractivity contribution in [2.75, 3.05) is 31.1 Å². The molecule has 100 valence electrons. The highest BCUT2D eigenvalue weighted by atomic mass is 32.2. The molecule has 2 amide bonds. The van der Waals surface area contributed by atoms with Gasteiger partial charge in [-0.15, -0.1) is 0 Å². The smallest absolute Gasteiger partial charge is 0.245 e. The Labute approximate surface area is 112 Å². The summed E-state index contributed by atoms with van der Waals surface area (Å²) in [5.41, 5.74) is 0. The SMILES string of the molecule is O=C1C2CCCN2C(=O)CCN1CC1CCSC1. The average molecular weight is 268 g/mol. The van der Waals surface area contributed by atoms with Gasteiger partial charge in [0, 0.05) is 26.1 Å². The second-order valence-electron chi connectivity index (χ2n) is 5.51. The van der Waals surface area contributed by atoms with Crippen molar-refractivity contribution in [1.82, 2.24) is 9.80 Å². The van der Waals surface area contributed by atoms with Gasteiger partial charge in [0.25, 0.3) is 0 Å². The molecule has 4 nitrogen and oxygen atoms in total. The summed E-state index contributed by atoms with van der Waals surface area (Å²) in [6.45, 7) is 2.28. The molecule has 0 aromatic rings. The fourth-order valence-corrected chi connectivity index (χ4v) is 4.51. The fraction of sp³-hybridized carbons (Fsp3) is 0.846. The summed E-state index contributed by atoms with van der Waals surface area (Å²) in [4.78, 5) is 28.2. The van der Waals surface area contributed by atoms with Gasteiger partial charge in [0.2, 0.25) is 11.8 Å². The summed E-state index contributed by atoms with van der Waals surface area (Å²) in [5, 5.41) is 0. The van der Waals surface area contributed by atoms with Crippen molar-refractivity contribution in [3.8, 4) is 0 Å². The summed E-state index contributed by atoms with van der Waals surface area (Å²) in [5.74, 6) is 3.42. The highest BCUT2D eigenvalue weighted by molar-refractivity contribution is 7.99. The lowest BCUT2D eigenvalue weighted by Crippen LogP contribution is -2.45. The quantitative estimate of drug-likeness (QED) is 0.749. The van der Waals surface area contributed by atoms with Crippen molar-refractivity contribution < 1.29 is 9.59 Å². The van der Waals surface area contributed by atoms with Gasteiger partial charge in [0.15, 0.2) is 0 Å². The maximum absolute atomic E-state index is 12.5. The molecule has 0 aromatic carbocycles. The zero-order chi connectivity index (χ0) is 12.5. The molecule has 3 saturated heterocycles. The van der Waals surface area contributed by atoms with E-state index in [-0.39, 0.29) is 17.9 Å². The second-order valence-corrected chi connectivity index (χ2v) is 6.66. The zero-order valence-electron chi connectivity index (χ0n) is 10.6. The Morgan fingerprint density at radius 1 is 1.22 bits per heavy atom. The van der Waals surface area contributed by atoms with Gasteiger partial charge >= 0.3 is 0 Å². The molecule has 3 aliphatic heterocycles. The number of rotatable bonds is 2. The Morgan fingerprint density at radius 3 is 2.89 bits per heavy atom. The minimum atomic E-state index is -0.144. The Kier molecular flexibility index (Phi) is 3.50. The van der Waals surface area contributed by atoms with Crippen molar-refractivity contribution in [2.45, 2.75) is 31.7 Å². The van der Waals surface area contributed by atoms with Gasteiger partial charge < -0.3 is 9.80 Å². The molecule has 5 heteroatoms. The van der Waals surface area contributed by atoms with E-state index in [9.17, 15) is 9.59 Å². The number of carbonyl (C=O) groups is 2. The van der Waals surface area contributed by atoms with Crippen molar-refractivity contribution in [3.63, 3.8) is 0 Å². The van der Waals surface area contributed by atoms with Gasteiger partial charge in [-0.05, 0) is 36.7 Å². The molecule has 3 heterocycles. The van der Waals surface area contributed by atoms with Gasteiger partial charge in [-0.2, -0.15) is 11.8 Å². The number of carbonyl (C=O) groups excluding carboxylic acids is 2. The monoisotopic (exact) mass is 268 g/mol. The molecule has 0 aliphatic carbocycles. The molecule has 0 spiro atoms. The fourth-order valence-electron chi connectivity index (χ4n) is 3.24. The lowest BCUT2D eigenvalue weighted by atomic mass is 10.1. The highest BCUT2D eigenvalue weighted by Crippen LogP contribution is 2.27. The summed E-state index contributed by atoms with van der Waals surface area (Å²) < 4.78 is 0. The maximum atomic E-state index is 12.5. The van der Waals surface area contributed by atoms with E-state index in [0.29, 0.717) is 18.9 Å². The second kappa shape index (κ2) is 5.11. The van der Waals surface area contributed by atoms with Crippen molar-refractivity contribution in [2.24, 2.45) is 5.92 Å². The summed E-state index contributed by atoms with van der Waals surface area (Å²) in [6.07, 6.45) is 3.58. The molecule has 3 fully saturated rings. The van der Waals surface area contributed by atoms with Crippen molar-refractivity contribution >= 4 is 23.6 Å². The van der Waals surface area contributed by atoms with Crippen LogP contribution in [0.4, 0.5) is 0 Å². The number of fused-ring (bicyclic) bond motifs is 1. The van der Waals surface area contributed by atoms with Crippen LogP contribution < -0.4 is 0 Å². The van der Waals surface area contributed by atoms with Crippen LogP contribution in [0.15, 0.2) is 0 Å². The first-order valence-corrected chi connectivity index (χ1v) is 8.07. The molecule has 18 heavy (non-hydrogen) atoms. The first-order chi connectivity index (χ1) is 8.75. The molecule has 2 atom stereocenters. The molecule has 0 radical (unpaired) electrons. The molecule has 2 unspecified atom stereocenters. The largest absolute Gasteiger partial charge is 0.340 e. The number of thioether (sulfide) groups is 1. The third-order valence-electron chi connectivity index (χ3n) is 4.27. The van der Waals surface area contributed by atoms with E-state index in [2.05, 4.69) is 0 Å². The average Bonchev–Trinajstić information content (AvgIpc) is 3.01. The van der Waals surface area contributed by atoms with E-state index in [4.69, 9.17) is 0 Å².